The SMILES string of the molecule is C/C(C(=O)NCc1cnc(C)nc1N)=C(\CCO)SC(=O)C(c1ccccc1)C(C)C. The number of hydrogen-bond acceptors (Lipinski definition) is 7. The number of carbonyl (C=O) groups excluding carboxylic acids is 2. The summed E-state index contributed by atoms with van der Waals surface area (Å²) in [6.45, 7) is 7.41. The summed E-state index contributed by atoms with van der Waals surface area (Å²) in [6, 6.07) is 9.60. The molecule has 1 aromatic heterocycles. The van der Waals surface area contributed by atoms with Crippen molar-refractivity contribution in [1.29, 1.82) is 0 Å². The van der Waals surface area contributed by atoms with E-state index in [-0.39, 0.29) is 42.4 Å². The quantitative estimate of drug-likeness (QED) is 0.510. The molecular weight excluding hydrogens is 412 g/mol. The largest absolute Gasteiger partial charge is 0.396 e. The fourth-order valence-electron chi connectivity index (χ4n) is 3.14. The third-order valence-corrected chi connectivity index (χ3v) is 6.07. The molecular formula is C23H30N4O3S. The molecule has 0 saturated carbocycles. The molecule has 2 rings (SSSR count). The van der Waals surface area contributed by atoms with Crippen molar-refractivity contribution < 1.29 is 14.7 Å². The van der Waals surface area contributed by atoms with E-state index in [9.17, 15) is 14.7 Å². The second kappa shape index (κ2) is 11.6. The van der Waals surface area contributed by atoms with Gasteiger partial charge in [0.2, 0.25) is 11.0 Å². The predicted octanol–water partition coefficient (Wildman–Crippen LogP) is 3.34. The molecule has 31 heavy (non-hydrogen) atoms. The van der Waals surface area contributed by atoms with Gasteiger partial charge in [0, 0.05) is 41.8 Å². The summed E-state index contributed by atoms with van der Waals surface area (Å²) in [6.07, 6.45) is 1.81. The van der Waals surface area contributed by atoms with E-state index >= 15 is 0 Å². The molecule has 0 saturated heterocycles. The van der Waals surface area contributed by atoms with Crippen LogP contribution in [0.3, 0.4) is 0 Å². The van der Waals surface area contributed by atoms with Gasteiger partial charge in [0.1, 0.15) is 11.6 Å². The number of aliphatic hydroxyl groups excluding tert-OH is 1. The number of benzene rings is 1. The summed E-state index contributed by atoms with van der Waals surface area (Å²) < 4.78 is 0. The minimum atomic E-state index is -0.329. The Morgan fingerprint density at radius 1 is 1.23 bits per heavy atom. The second-order valence-corrected chi connectivity index (χ2v) is 8.68. The van der Waals surface area contributed by atoms with Crippen LogP contribution >= 0.6 is 11.8 Å². The van der Waals surface area contributed by atoms with Crippen LogP contribution in [-0.4, -0.2) is 32.7 Å². The first kappa shape index (κ1) is 24.6. The molecule has 1 amide bonds. The lowest BCUT2D eigenvalue weighted by molar-refractivity contribution is -0.117. The maximum absolute atomic E-state index is 13.1. The van der Waals surface area contributed by atoms with Crippen molar-refractivity contribution in [2.45, 2.75) is 46.6 Å². The number of thioether (sulfide) groups is 1. The van der Waals surface area contributed by atoms with Crippen LogP contribution in [0.15, 0.2) is 47.0 Å². The van der Waals surface area contributed by atoms with Crippen LogP contribution in [0.2, 0.25) is 0 Å². The van der Waals surface area contributed by atoms with Crippen LogP contribution in [0.25, 0.3) is 0 Å². The molecule has 1 unspecified atom stereocenters. The van der Waals surface area contributed by atoms with E-state index in [2.05, 4.69) is 15.3 Å². The molecule has 0 aliphatic heterocycles. The van der Waals surface area contributed by atoms with Crippen LogP contribution in [0.5, 0.6) is 0 Å². The topological polar surface area (TPSA) is 118 Å². The van der Waals surface area contributed by atoms with Gasteiger partial charge in [0.15, 0.2) is 0 Å². The van der Waals surface area contributed by atoms with Crippen molar-refractivity contribution in [1.82, 2.24) is 15.3 Å². The van der Waals surface area contributed by atoms with Gasteiger partial charge in [-0.15, -0.1) is 0 Å². The van der Waals surface area contributed by atoms with Gasteiger partial charge in [-0.3, -0.25) is 9.59 Å². The van der Waals surface area contributed by atoms with Crippen LogP contribution in [0, 0.1) is 12.8 Å². The minimum absolute atomic E-state index is 0.0482. The molecule has 0 spiro atoms. The number of aliphatic hydroxyl groups is 1. The number of hydrogen-bond donors (Lipinski definition) is 3. The van der Waals surface area contributed by atoms with Crippen LogP contribution in [0.4, 0.5) is 5.82 Å². The van der Waals surface area contributed by atoms with E-state index in [4.69, 9.17) is 5.73 Å². The van der Waals surface area contributed by atoms with E-state index < -0.39 is 0 Å². The first-order chi connectivity index (χ1) is 14.7. The van der Waals surface area contributed by atoms with Crippen molar-refractivity contribution >= 4 is 28.6 Å². The molecule has 0 aliphatic rings. The highest BCUT2D eigenvalue weighted by molar-refractivity contribution is 8.17. The average molecular weight is 443 g/mol. The average Bonchev–Trinajstić information content (AvgIpc) is 2.72. The molecule has 2 aromatic rings. The number of aryl methyl sites for hydroxylation is 1. The number of amides is 1. The van der Waals surface area contributed by atoms with Gasteiger partial charge in [-0.25, -0.2) is 9.97 Å². The normalized spacial score (nSPS) is 13.0. The Labute approximate surface area is 187 Å². The lowest BCUT2D eigenvalue weighted by atomic mass is 9.90. The molecule has 0 aliphatic carbocycles. The molecule has 8 heteroatoms. The van der Waals surface area contributed by atoms with Crippen LogP contribution < -0.4 is 11.1 Å². The summed E-state index contributed by atoms with van der Waals surface area (Å²) in [5, 5.41) is 12.2. The zero-order valence-electron chi connectivity index (χ0n) is 18.4. The van der Waals surface area contributed by atoms with Crippen LogP contribution in [0.1, 0.15) is 50.1 Å². The summed E-state index contributed by atoms with van der Waals surface area (Å²) in [5.74, 6) is 0.334. The van der Waals surface area contributed by atoms with Gasteiger partial charge >= 0.3 is 0 Å². The third kappa shape index (κ3) is 6.90. The Hall–Kier alpha value is -2.71. The smallest absolute Gasteiger partial charge is 0.247 e. The highest BCUT2D eigenvalue weighted by Crippen LogP contribution is 2.35. The highest BCUT2D eigenvalue weighted by Gasteiger charge is 2.26. The summed E-state index contributed by atoms with van der Waals surface area (Å²) >= 11 is 1.03. The maximum atomic E-state index is 13.1. The summed E-state index contributed by atoms with van der Waals surface area (Å²) in [4.78, 5) is 34.6. The summed E-state index contributed by atoms with van der Waals surface area (Å²) in [7, 11) is 0. The van der Waals surface area contributed by atoms with Gasteiger partial charge in [0.25, 0.3) is 0 Å². The number of nitrogens with one attached hydrogen (secondary N) is 1. The van der Waals surface area contributed by atoms with Gasteiger partial charge in [-0.05, 0) is 25.3 Å². The number of rotatable bonds is 9. The summed E-state index contributed by atoms with van der Waals surface area (Å²) in [5.41, 5.74) is 7.83. The fourth-order valence-corrected chi connectivity index (χ4v) is 4.36. The first-order valence-corrected chi connectivity index (χ1v) is 11.0. The molecule has 1 aromatic carbocycles. The van der Waals surface area contributed by atoms with Crippen molar-refractivity contribution in [3.63, 3.8) is 0 Å². The number of nitrogen functional groups attached to an aromatic ring is 1. The van der Waals surface area contributed by atoms with Gasteiger partial charge in [-0.1, -0.05) is 55.9 Å². The van der Waals surface area contributed by atoms with Crippen molar-refractivity contribution in [3.8, 4) is 0 Å². The molecule has 0 bridgehead atoms. The Kier molecular flexibility index (Phi) is 9.21. The van der Waals surface area contributed by atoms with E-state index in [1.807, 2.05) is 44.2 Å². The fraction of sp³-hybridized carbons (Fsp3) is 0.391. The Morgan fingerprint density at radius 2 is 1.90 bits per heavy atom. The lowest BCUT2D eigenvalue weighted by Gasteiger charge is -2.21. The zero-order valence-corrected chi connectivity index (χ0v) is 19.2. The molecule has 166 valence electrons. The van der Waals surface area contributed by atoms with E-state index in [1.54, 1.807) is 20.0 Å². The maximum Gasteiger partial charge on any atom is 0.247 e. The van der Waals surface area contributed by atoms with Crippen molar-refractivity contribution in [3.05, 3.63) is 64.0 Å². The monoisotopic (exact) mass is 442 g/mol. The zero-order chi connectivity index (χ0) is 23.0. The van der Waals surface area contributed by atoms with Crippen LogP contribution in [-0.2, 0) is 16.1 Å². The number of aromatic nitrogens is 2. The lowest BCUT2D eigenvalue weighted by Crippen LogP contribution is -2.25. The highest BCUT2D eigenvalue weighted by atomic mass is 32.2. The Balaban J connectivity index is 2.17. The van der Waals surface area contributed by atoms with Gasteiger partial charge in [-0.2, -0.15) is 0 Å². The van der Waals surface area contributed by atoms with E-state index in [0.717, 1.165) is 17.3 Å². The predicted molar refractivity (Wildman–Crippen MR) is 124 cm³/mol. The number of anilines is 1. The first-order valence-electron chi connectivity index (χ1n) is 10.2. The molecule has 0 fully saturated rings. The van der Waals surface area contributed by atoms with Gasteiger partial charge in [0.05, 0.1) is 5.92 Å². The number of nitrogens with zero attached hydrogens (tertiary/aromatic N) is 2. The molecule has 1 atom stereocenters. The van der Waals surface area contributed by atoms with Crippen molar-refractivity contribution in [2.75, 3.05) is 12.3 Å². The van der Waals surface area contributed by atoms with E-state index in [0.29, 0.717) is 27.7 Å². The van der Waals surface area contributed by atoms with Gasteiger partial charge < -0.3 is 16.2 Å². The standard InChI is InChI=1S/C23H30N4O3S/c1-14(2)20(17-8-6-5-7-9-17)23(30)31-19(10-11-28)15(3)22(29)26-13-18-12-25-16(4)27-21(18)24/h5-9,12,14,20,28H,10-11,13H2,1-4H3,(H,26,29)(H2,24,25,27)/b19-15-. The third-order valence-electron chi connectivity index (χ3n) is 4.86. The molecule has 0 radical (unpaired) electrons. The van der Waals surface area contributed by atoms with E-state index in [1.165, 1.54) is 0 Å². The second-order valence-electron chi connectivity index (χ2n) is 7.59. The molecule has 4 N–H and O–H groups in total. The molecule has 1 heterocycles. The molecule has 7 nitrogen and oxygen atoms in total. The Bertz CT molecular complexity index is 945. The van der Waals surface area contributed by atoms with Crippen molar-refractivity contribution in [2.24, 2.45) is 5.92 Å². The number of carbonyl (C=O) groups is 2. The Morgan fingerprint density at radius 3 is 2.48 bits per heavy atom. The number of nitrogens with two attached hydrogens (primary N) is 1. The minimum Gasteiger partial charge on any atom is -0.396 e.